The number of hydrogen-bond donors (Lipinski definition) is 1. The number of aryl methyl sites for hydroxylation is 1. The summed E-state index contributed by atoms with van der Waals surface area (Å²) in [7, 11) is 0. The van der Waals surface area contributed by atoms with Gasteiger partial charge in [0.25, 0.3) is 0 Å². The number of alkyl halides is 3. The lowest BCUT2D eigenvalue weighted by atomic mass is 9.95. The molecule has 1 amide bonds. The van der Waals surface area contributed by atoms with E-state index in [0.29, 0.717) is 5.69 Å². The number of carbonyl (C=O) groups is 1. The highest BCUT2D eigenvalue weighted by Crippen LogP contribution is 2.31. The smallest absolute Gasteiger partial charge is 0.324 e. The van der Waals surface area contributed by atoms with Crippen molar-refractivity contribution in [3.05, 3.63) is 23.5 Å². The third kappa shape index (κ3) is 3.45. The molecule has 1 N–H and O–H groups in total. The predicted molar refractivity (Wildman–Crippen MR) is 62.1 cm³/mol. The Hall–Kier alpha value is -1.59. The minimum atomic E-state index is -4.47. The van der Waals surface area contributed by atoms with Gasteiger partial charge in [0.05, 0.1) is 16.9 Å². The van der Waals surface area contributed by atoms with E-state index in [-0.39, 0.29) is 11.6 Å². The summed E-state index contributed by atoms with van der Waals surface area (Å²) in [6.45, 7) is 6.58. The molecule has 1 rings (SSSR count). The number of aromatic nitrogens is 1. The number of rotatable bonds is 1. The number of pyridine rings is 1. The van der Waals surface area contributed by atoms with Gasteiger partial charge >= 0.3 is 6.18 Å². The number of amides is 1. The highest BCUT2D eigenvalue weighted by molar-refractivity contribution is 5.95. The molecule has 0 atom stereocenters. The first-order valence-electron chi connectivity index (χ1n) is 5.37. The Balaban J connectivity index is 3.06. The predicted octanol–water partition coefficient (Wildman–Crippen LogP) is 3.39. The molecule has 6 heteroatoms. The van der Waals surface area contributed by atoms with Gasteiger partial charge in [-0.05, 0) is 13.0 Å². The first-order valence-corrected chi connectivity index (χ1v) is 5.37. The molecule has 0 aromatic carbocycles. The number of carbonyl (C=O) groups excluding carboxylic acids is 1. The molecule has 18 heavy (non-hydrogen) atoms. The molecular formula is C12H15F3N2O. The van der Waals surface area contributed by atoms with Crippen molar-refractivity contribution in [1.82, 2.24) is 4.98 Å². The second-order valence-electron chi connectivity index (χ2n) is 5.06. The van der Waals surface area contributed by atoms with Crippen LogP contribution in [0.2, 0.25) is 0 Å². The molecular weight excluding hydrogens is 245 g/mol. The SMILES string of the molecule is Cc1ncc(C(F)(F)F)cc1NC(=O)C(C)(C)C. The number of nitrogens with one attached hydrogen (secondary N) is 1. The van der Waals surface area contributed by atoms with Gasteiger partial charge in [-0.3, -0.25) is 9.78 Å². The molecule has 0 aliphatic heterocycles. The van der Waals surface area contributed by atoms with Gasteiger partial charge in [0.1, 0.15) is 0 Å². The molecule has 3 nitrogen and oxygen atoms in total. The van der Waals surface area contributed by atoms with Gasteiger partial charge in [0.15, 0.2) is 0 Å². The van der Waals surface area contributed by atoms with E-state index in [1.54, 1.807) is 27.7 Å². The van der Waals surface area contributed by atoms with Crippen molar-refractivity contribution in [2.45, 2.75) is 33.9 Å². The van der Waals surface area contributed by atoms with Gasteiger partial charge in [0.2, 0.25) is 5.91 Å². The zero-order valence-electron chi connectivity index (χ0n) is 10.6. The van der Waals surface area contributed by atoms with Gasteiger partial charge in [0, 0.05) is 11.6 Å². The molecule has 0 unspecified atom stereocenters. The van der Waals surface area contributed by atoms with Crippen molar-refractivity contribution in [1.29, 1.82) is 0 Å². The molecule has 0 saturated heterocycles. The van der Waals surface area contributed by atoms with Crippen molar-refractivity contribution in [2.75, 3.05) is 5.32 Å². The Kier molecular flexibility index (Phi) is 3.69. The molecule has 0 radical (unpaired) electrons. The highest BCUT2D eigenvalue weighted by atomic mass is 19.4. The van der Waals surface area contributed by atoms with Crippen LogP contribution in [-0.2, 0) is 11.0 Å². The van der Waals surface area contributed by atoms with Crippen LogP contribution in [0.5, 0.6) is 0 Å². The molecule has 100 valence electrons. The normalized spacial score (nSPS) is 12.4. The van der Waals surface area contributed by atoms with E-state index in [4.69, 9.17) is 0 Å². The minimum Gasteiger partial charge on any atom is -0.324 e. The number of hydrogen-bond acceptors (Lipinski definition) is 2. The highest BCUT2D eigenvalue weighted by Gasteiger charge is 2.32. The summed E-state index contributed by atoms with van der Waals surface area (Å²) in [5.41, 5.74) is -1.12. The second kappa shape index (κ2) is 4.59. The summed E-state index contributed by atoms with van der Waals surface area (Å²) in [4.78, 5) is 15.4. The summed E-state index contributed by atoms with van der Waals surface area (Å²) in [6.07, 6.45) is -3.72. The van der Waals surface area contributed by atoms with E-state index in [2.05, 4.69) is 10.3 Å². The molecule has 1 heterocycles. The van der Waals surface area contributed by atoms with Crippen LogP contribution in [-0.4, -0.2) is 10.9 Å². The number of anilines is 1. The lowest BCUT2D eigenvalue weighted by molar-refractivity contribution is -0.137. The molecule has 0 aliphatic carbocycles. The van der Waals surface area contributed by atoms with Crippen LogP contribution < -0.4 is 5.32 Å². The monoisotopic (exact) mass is 260 g/mol. The van der Waals surface area contributed by atoms with Crippen LogP contribution in [0.1, 0.15) is 32.0 Å². The lowest BCUT2D eigenvalue weighted by Crippen LogP contribution is -2.28. The zero-order valence-corrected chi connectivity index (χ0v) is 10.6. The van der Waals surface area contributed by atoms with Gasteiger partial charge in [-0.25, -0.2) is 0 Å². The molecule has 0 bridgehead atoms. The zero-order chi connectivity index (χ0) is 14.1. The van der Waals surface area contributed by atoms with Crippen LogP contribution in [0.3, 0.4) is 0 Å². The third-order valence-corrected chi connectivity index (χ3v) is 2.34. The topological polar surface area (TPSA) is 42.0 Å². The number of nitrogens with zero attached hydrogens (tertiary/aromatic N) is 1. The van der Waals surface area contributed by atoms with Crippen LogP contribution in [0.25, 0.3) is 0 Å². The Morgan fingerprint density at radius 3 is 2.28 bits per heavy atom. The van der Waals surface area contributed by atoms with Crippen molar-refractivity contribution >= 4 is 11.6 Å². The fourth-order valence-electron chi connectivity index (χ4n) is 1.12. The summed E-state index contributed by atoms with van der Waals surface area (Å²) in [6, 6.07) is 0.895. The summed E-state index contributed by atoms with van der Waals surface area (Å²) in [5, 5.41) is 2.46. The van der Waals surface area contributed by atoms with Crippen LogP contribution in [0, 0.1) is 12.3 Å². The maximum Gasteiger partial charge on any atom is 0.417 e. The summed E-state index contributed by atoms with van der Waals surface area (Å²) in [5.74, 6) is -0.355. The maximum absolute atomic E-state index is 12.5. The van der Waals surface area contributed by atoms with Gasteiger partial charge in [-0.2, -0.15) is 13.2 Å². The summed E-state index contributed by atoms with van der Waals surface area (Å²) >= 11 is 0. The van der Waals surface area contributed by atoms with E-state index < -0.39 is 17.2 Å². The van der Waals surface area contributed by atoms with Gasteiger partial charge < -0.3 is 5.32 Å². The molecule has 0 fully saturated rings. The van der Waals surface area contributed by atoms with Crippen LogP contribution in [0.15, 0.2) is 12.3 Å². The average molecular weight is 260 g/mol. The Labute approximate surface area is 103 Å². The van der Waals surface area contributed by atoms with E-state index >= 15 is 0 Å². The van der Waals surface area contributed by atoms with E-state index in [1.807, 2.05) is 0 Å². The third-order valence-electron chi connectivity index (χ3n) is 2.34. The van der Waals surface area contributed by atoms with Crippen molar-refractivity contribution in [3.8, 4) is 0 Å². The fourth-order valence-corrected chi connectivity index (χ4v) is 1.12. The standard InChI is InChI=1S/C12H15F3N2O/c1-7-9(17-10(18)11(2,3)4)5-8(6-16-7)12(13,14)15/h5-6H,1-4H3,(H,17,18). The van der Waals surface area contributed by atoms with Gasteiger partial charge in [-0.1, -0.05) is 20.8 Å². The lowest BCUT2D eigenvalue weighted by Gasteiger charge is -2.19. The second-order valence-corrected chi connectivity index (χ2v) is 5.06. The largest absolute Gasteiger partial charge is 0.417 e. The molecule has 0 saturated carbocycles. The maximum atomic E-state index is 12.5. The van der Waals surface area contributed by atoms with Gasteiger partial charge in [-0.15, -0.1) is 0 Å². The van der Waals surface area contributed by atoms with E-state index in [0.717, 1.165) is 12.3 Å². The average Bonchev–Trinajstić information content (AvgIpc) is 2.18. The van der Waals surface area contributed by atoms with E-state index in [9.17, 15) is 18.0 Å². The number of halogens is 3. The Morgan fingerprint density at radius 1 is 1.28 bits per heavy atom. The summed E-state index contributed by atoms with van der Waals surface area (Å²) < 4.78 is 37.6. The first-order chi connectivity index (χ1) is 8.01. The van der Waals surface area contributed by atoms with E-state index in [1.165, 1.54) is 0 Å². The molecule has 0 aliphatic rings. The first kappa shape index (κ1) is 14.5. The quantitative estimate of drug-likeness (QED) is 0.840. The molecule has 1 aromatic heterocycles. The Morgan fingerprint density at radius 2 is 1.83 bits per heavy atom. The Bertz CT molecular complexity index is 461. The van der Waals surface area contributed by atoms with Crippen molar-refractivity contribution < 1.29 is 18.0 Å². The molecule has 0 spiro atoms. The fraction of sp³-hybridized carbons (Fsp3) is 0.500. The van der Waals surface area contributed by atoms with Crippen molar-refractivity contribution in [3.63, 3.8) is 0 Å². The molecule has 1 aromatic rings. The van der Waals surface area contributed by atoms with Crippen molar-refractivity contribution in [2.24, 2.45) is 5.41 Å². The minimum absolute atomic E-state index is 0.0877. The van der Waals surface area contributed by atoms with Crippen LogP contribution in [0.4, 0.5) is 18.9 Å². The van der Waals surface area contributed by atoms with Crippen LogP contribution >= 0.6 is 0 Å².